The van der Waals surface area contributed by atoms with Gasteiger partial charge in [0.1, 0.15) is 18.1 Å². The molecule has 34 heavy (non-hydrogen) atoms. The average Bonchev–Trinajstić information content (AvgIpc) is 3.00. The Bertz CT molecular complexity index is 905. The zero-order valence-corrected chi connectivity index (χ0v) is 20.6. The number of aliphatic hydroxyl groups is 1. The topological polar surface area (TPSA) is 85.0 Å². The van der Waals surface area contributed by atoms with E-state index in [9.17, 15) is 9.90 Å². The normalized spacial score (nSPS) is 20.9. The number of para-hydroxylation sites is 1. The van der Waals surface area contributed by atoms with Crippen LogP contribution in [0.25, 0.3) is 0 Å². The summed E-state index contributed by atoms with van der Waals surface area (Å²) in [5.74, 6) is 1.85. The number of hydrogen-bond acceptors (Lipinski definition) is 5. The maximum absolute atomic E-state index is 12.4. The molecule has 1 aliphatic carbocycles. The van der Waals surface area contributed by atoms with Gasteiger partial charge in [-0.1, -0.05) is 24.3 Å². The summed E-state index contributed by atoms with van der Waals surface area (Å²) < 4.78 is 11.6. The van der Waals surface area contributed by atoms with Gasteiger partial charge in [-0.05, 0) is 86.3 Å². The summed E-state index contributed by atoms with van der Waals surface area (Å²) in [5.41, 5.74) is 8.75. The van der Waals surface area contributed by atoms with Crippen molar-refractivity contribution in [2.75, 3.05) is 26.3 Å². The molecule has 6 nitrogen and oxygen atoms in total. The molecule has 1 fully saturated rings. The number of halogens is 1. The molecule has 0 bridgehead atoms. The number of aliphatic hydroxyl groups excluding tert-OH is 1. The molecule has 3 N–H and O–H groups in total. The third-order valence-corrected chi connectivity index (χ3v) is 6.77. The first-order valence-corrected chi connectivity index (χ1v) is 12.2. The van der Waals surface area contributed by atoms with E-state index < -0.39 is 6.10 Å². The van der Waals surface area contributed by atoms with Crippen LogP contribution < -0.4 is 15.2 Å². The predicted octanol–water partition coefficient (Wildman–Crippen LogP) is 4.28. The molecule has 2 unspecified atom stereocenters. The van der Waals surface area contributed by atoms with Gasteiger partial charge in [-0.2, -0.15) is 0 Å². The van der Waals surface area contributed by atoms with E-state index in [1.54, 1.807) is 0 Å². The van der Waals surface area contributed by atoms with Crippen LogP contribution in [0.1, 0.15) is 55.7 Å². The molecule has 0 radical (unpaired) electrons. The maximum atomic E-state index is 12.4. The molecule has 0 saturated carbocycles. The minimum Gasteiger partial charge on any atom is -0.491 e. The summed E-state index contributed by atoms with van der Waals surface area (Å²) in [6.45, 7) is 2.02. The van der Waals surface area contributed by atoms with Crippen LogP contribution in [0.3, 0.4) is 0 Å². The van der Waals surface area contributed by atoms with Gasteiger partial charge in [0.25, 0.3) is 5.91 Å². The van der Waals surface area contributed by atoms with Crippen LogP contribution in [0.2, 0.25) is 0 Å². The molecule has 1 amide bonds. The number of carbonyl (C=O) groups excluding carboxylic acids is 1. The van der Waals surface area contributed by atoms with Crippen LogP contribution >= 0.6 is 12.4 Å². The molecule has 4 rings (SSSR count). The van der Waals surface area contributed by atoms with Gasteiger partial charge in [-0.25, -0.2) is 0 Å². The summed E-state index contributed by atoms with van der Waals surface area (Å²) in [6.07, 6.45) is 6.16. The molecule has 0 spiro atoms. The van der Waals surface area contributed by atoms with Gasteiger partial charge in [-0.3, -0.25) is 4.79 Å². The van der Waals surface area contributed by atoms with E-state index in [1.165, 1.54) is 6.42 Å². The molecule has 186 valence electrons. The van der Waals surface area contributed by atoms with E-state index in [-0.39, 0.29) is 37.6 Å². The minimum absolute atomic E-state index is 0. The van der Waals surface area contributed by atoms with Crippen molar-refractivity contribution in [3.63, 3.8) is 0 Å². The Balaban J connectivity index is 0.00000324. The molecule has 7 heteroatoms. The fourth-order valence-corrected chi connectivity index (χ4v) is 4.94. The predicted molar refractivity (Wildman–Crippen MR) is 136 cm³/mol. The van der Waals surface area contributed by atoms with E-state index in [4.69, 9.17) is 15.2 Å². The molecular formula is C27H37ClN2O4. The fourth-order valence-electron chi connectivity index (χ4n) is 4.94. The van der Waals surface area contributed by atoms with Gasteiger partial charge in [0.05, 0.1) is 6.10 Å². The minimum atomic E-state index is -0.533. The summed E-state index contributed by atoms with van der Waals surface area (Å²) in [5, 5.41) is 10.6. The van der Waals surface area contributed by atoms with Crippen molar-refractivity contribution in [2.24, 2.45) is 11.7 Å². The Morgan fingerprint density at radius 3 is 2.56 bits per heavy atom. The zero-order valence-electron chi connectivity index (χ0n) is 19.7. The first-order chi connectivity index (χ1) is 16.1. The molecule has 2 aliphatic rings. The fraction of sp³-hybridized carbons (Fsp3) is 0.519. The zero-order chi connectivity index (χ0) is 23.0. The number of nitrogens with zero attached hydrogens (tertiary/aromatic N) is 1. The Labute approximate surface area is 208 Å². The van der Waals surface area contributed by atoms with Crippen LogP contribution in [0.4, 0.5) is 0 Å². The van der Waals surface area contributed by atoms with Crippen molar-refractivity contribution in [1.29, 1.82) is 0 Å². The number of carbonyl (C=O) groups is 1. The highest BCUT2D eigenvalue weighted by molar-refractivity contribution is 5.85. The maximum Gasteiger partial charge on any atom is 0.260 e. The smallest absolute Gasteiger partial charge is 0.260 e. The second-order valence-electron chi connectivity index (χ2n) is 9.36. The van der Waals surface area contributed by atoms with Crippen LogP contribution in [0.15, 0.2) is 48.5 Å². The number of piperidine rings is 1. The molecular weight excluding hydrogens is 452 g/mol. The van der Waals surface area contributed by atoms with Gasteiger partial charge in [0.15, 0.2) is 6.61 Å². The van der Waals surface area contributed by atoms with Gasteiger partial charge in [0, 0.05) is 19.1 Å². The van der Waals surface area contributed by atoms with Crippen molar-refractivity contribution in [3.8, 4) is 11.5 Å². The van der Waals surface area contributed by atoms with Crippen LogP contribution in [0, 0.1) is 5.92 Å². The Kier molecular flexibility index (Phi) is 10.1. The number of amides is 1. The number of rotatable bonds is 8. The van der Waals surface area contributed by atoms with E-state index in [1.807, 2.05) is 53.4 Å². The third-order valence-electron chi connectivity index (χ3n) is 6.77. The molecule has 1 aliphatic heterocycles. The summed E-state index contributed by atoms with van der Waals surface area (Å²) >= 11 is 0. The summed E-state index contributed by atoms with van der Waals surface area (Å²) in [6, 6.07) is 15.5. The third kappa shape index (κ3) is 7.36. The lowest BCUT2D eigenvalue weighted by Gasteiger charge is -2.26. The van der Waals surface area contributed by atoms with Gasteiger partial charge in [-0.15, -0.1) is 12.4 Å². The van der Waals surface area contributed by atoms with Crippen molar-refractivity contribution in [1.82, 2.24) is 4.90 Å². The number of fused-ring (bicyclic) bond motifs is 1. The lowest BCUT2D eigenvalue weighted by atomic mass is 9.91. The van der Waals surface area contributed by atoms with Crippen LogP contribution in [-0.4, -0.2) is 48.3 Å². The highest BCUT2D eigenvalue weighted by Gasteiger charge is 2.24. The van der Waals surface area contributed by atoms with Gasteiger partial charge in [0.2, 0.25) is 0 Å². The van der Waals surface area contributed by atoms with E-state index in [2.05, 4.69) is 0 Å². The van der Waals surface area contributed by atoms with E-state index in [0.717, 1.165) is 62.1 Å². The van der Waals surface area contributed by atoms with Gasteiger partial charge >= 0.3 is 0 Å². The summed E-state index contributed by atoms with van der Waals surface area (Å²) in [7, 11) is 0. The largest absolute Gasteiger partial charge is 0.491 e. The number of hydrogen-bond donors (Lipinski definition) is 2. The second kappa shape index (κ2) is 13.0. The van der Waals surface area contributed by atoms with Crippen molar-refractivity contribution in [2.45, 2.75) is 57.1 Å². The van der Waals surface area contributed by atoms with Crippen molar-refractivity contribution >= 4 is 18.3 Å². The second-order valence-corrected chi connectivity index (χ2v) is 9.36. The monoisotopic (exact) mass is 488 g/mol. The molecule has 3 atom stereocenters. The van der Waals surface area contributed by atoms with Crippen molar-refractivity contribution in [3.05, 3.63) is 59.7 Å². The highest BCUT2D eigenvalue weighted by Crippen LogP contribution is 2.34. The lowest BCUT2D eigenvalue weighted by Crippen LogP contribution is -2.38. The Morgan fingerprint density at radius 1 is 1.03 bits per heavy atom. The lowest BCUT2D eigenvalue weighted by molar-refractivity contribution is -0.134. The molecule has 2 aromatic rings. The number of likely N-dealkylation sites (tertiary alicyclic amines) is 1. The molecule has 0 aromatic heterocycles. The Hall–Kier alpha value is -2.28. The number of nitrogens with two attached hydrogens (primary N) is 1. The van der Waals surface area contributed by atoms with E-state index in [0.29, 0.717) is 18.1 Å². The first-order valence-electron chi connectivity index (χ1n) is 12.2. The van der Waals surface area contributed by atoms with Crippen molar-refractivity contribution < 1.29 is 19.4 Å². The molecule has 1 saturated heterocycles. The molecule has 2 aromatic carbocycles. The number of ether oxygens (including phenoxy) is 2. The summed E-state index contributed by atoms with van der Waals surface area (Å²) in [4.78, 5) is 14.3. The Morgan fingerprint density at radius 2 is 1.79 bits per heavy atom. The SMILES string of the molecule is Cl.NC1CCC(C[C@H](O)COc2ccccc2)Cc2cc(OCC(=O)N3CCCCC3)ccc21. The van der Waals surface area contributed by atoms with E-state index >= 15 is 0 Å². The standard InChI is InChI=1S/C27H36N2O4.ClH/c28-26-12-9-20(16-22(30)18-32-23-7-3-1-4-8-23)15-21-17-24(10-11-25(21)26)33-19-27(31)29-13-5-2-6-14-29;/h1,3-4,7-8,10-11,17,20,22,26,30H,2,5-6,9,12-16,18-19,28H2;1H/t20?,22-,26?;/m0./s1. The first kappa shape index (κ1) is 26.3. The van der Waals surface area contributed by atoms with Crippen LogP contribution in [0.5, 0.6) is 11.5 Å². The average molecular weight is 489 g/mol. The van der Waals surface area contributed by atoms with Crippen LogP contribution in [-0.2, 0) is 11.2 Å². The molecule has 1 heterocycles. The highest BCUT2D eigenvalue weighted by atomic mass is 35.5. The number of benzene rings is 2. The quantitative estimate of drug-likeness (QED) is 0.542. The van der Waals surface area contributed by atoms with Gasteiger partial charge < -0.3 is 25.2 Å².